The molecular weight excluding hydrogens is 401 g/mol. The topological polar surface area (TPSA) is 81.6 Å². The first-order valence-electron chi connectivity index (χ1n) is 7.88. The van der Waals surface area contributed by atoms with E-state index in [2.05, 4.69) is 9.97 Å². The van der Waals surface area contributed by atoms with Gasteiger partial charge < -0.3 is 9.47 Å². The van der Waals surface area contributed by atoms with Crippen LogP contribution in [0.5, 0.6) is 11.8 Å². The fraction of sp³-hybridized carbons (Fsp3) is 0.375. The Labute approximate surface area is 161 Å². The van der Waals surface area contributed by atoms with Gasteiger partial charge in [-0.2, -0.15) is 4.31 Å². The van der Waals surface area contributed by atoms with E-state index >= 15 is 0 Å². The molecule has 1 aromatic heterocycles. The zero-order valence-electron chi connectivity index (χ0n) is 13.9. The van der Waals surface area contributed by atoms with Gasteiger partial charge in [0.1, 0.15) is 16.7 Å². The van der Waals surface area contributed by atoms with Gasteiger partial charge in [-0.25, -0.2) is 18.4 Å². The minimum atomic E-state index is -3.78. The Bertz CT molecular complexity index is 878. The van der Waals surface area contributed by atoms with E-state index in [0.29, 0.717) is 29.4 Å². The maximum atomic E-state index is 13.0. The number of hydrogen-bond donors (Lipinski definition) is 0. The Morgan fingerprint density at radius 3 is 2.62 bits per heavy atom. The molecule has 1 aliphatic heterocycles. The fourth-order valence-corrected chi connectivity index (χ4v) is 4.75. The highest BCUT2D eigenvalue weighted by molar-refractivity contribution is 7.89. The highest BCUT2D eigenvalue weighted by atomic mass is 35.5. The molecule has 140 valence electrons. The highest BCUT2D eigenvalue weighted by Crippen LogP contribution is 2.31. The lowest BCUT2D eigenvalue weighted by Gasteiger charge is -2.31. The molecule has 3 rings (SSSR count). The van der Waals surface area contributed by atoms with Gasteiger partial charge >= 0.3 is 6.01 Å². The van der Waals surface area contributed by atoms with Gasteiger partial charge in [0, 0.05) is 11.6 Å². The van der Waals surface area contributed by atoms with Crippen molar-refractivity contribution in [3.63, 3.8) is 0 Å². The Balaban J connectivity index is 1.80. The normalized spacial score (nSPS) is 18.5. The van der Waals surface area contributed by atoms with Crippen molar-refractivity contribution in [1.82, 2.24) is 14.3 Å². The van der Waals surface area contributed by atoms with Crippen LogP contribution in [-0.4, -0.2) is 49.0 Å². The quantitative estimate of drug-likeness (QED) is 0.743. The van der Waals surface area contributed by atoms with E-state index in [1.807, 2.05) is 0 Å². The summed E-state index contributed by atoms with van der Waals surface area (Å²) in [5.74, 6) is 0.249. The summed E-state index contributed by atoms with van der Waals surface area (Å²) in [5.41, 5.74) is 0. The van der Waals surface area contributed by atoms with Crippen molar-refractivity contribution >= 4 is 33.2 Å². The molecule has 2 heterocycles. The van der Waals surface area contributed by atoms with Crippen LogP contribution in [0.3, 0.4) is 0 Å². The summed E-state index contributed by atoms with van der Waals surface area (Å²) >= 11 is 11.7. The minimum absolute atomic E-state index is 0.0379. The summed E-state index contributed by atoms with van der Waals surface area (Å²) in [6.45, 7) is 0.573. The van der Waals surface area contributed by atoms with E-state index in [9.17, 15) is 8.42 Å². The molecule has 1 fully saturated rings. The Hall–Kier alpha value is -1.61. The molecule has 2 aromatic rings. The van der Waals surface area contributed by atoms with Gasteiger partial charge in [-0.1, -0.05) is 23.2 Å². The second-order valence-corrected chi connectivity index (χ2v) is 8.50. The average molecular weight is 418 g/mol. The van der Waals surface area contributed by atoms with Crippen LogP contribution < -0.4 is 9.47 Å². The van der Waals surface area contributed by atoms with E-state index in [1.54, 1.807) is 6.07 Å². The third kappa shape index (κ3) is 4.20. The third-order valence-corrected chi connectivity index (χ3v) is 6.27. The molecule has 7 nitrogen and oxygen atoms in total. The van der Waals surface area contributed by atoms with Gasteiger partial charge in [-0.3, -0.25) is 0 Å². The summed E-state index contributed by atoms with van der Waals surface area (Å²) in [6, 6.07) is 4.68. The van der Waals surface area contributed by atoms with Crippen molar-refractivity contribution in [1.29, 1.82) is 0 Å². The van der Waals surface area contributed by atoms with Crippen LogP contribution in [0.25, 0.3) is 0 Å². The minimum Gasteiger partial charge on any atom is -0.495 e. The van der Waals surface area contributed by atoms with Crippen LogP contribution in [0.15, 0.2) is 35.5 Å². The summed E-state index contributed by atoms with van der Waals surface area (Å²) in [4.78, 5) is 8.01. The molecule has 0 aliphatic carbocycles. The average Bonchev–Trinajstić information content (AvgIpc) is 2.64. The van der Waals surface area contributed by atoms with Crippen molar-refractivity contribution in [2.24, 2.45) is 0 Å². The zero-order valence-corrected chi connectivity index (χ0v) is 16.3. The summed E-state index contributed by atoms with van der Waals surface area (Å²) in [6.07, 6.45) is 3.85. The molecule has 0 saturated carbocycles. The molecule has 10 heteroatoms. The molecular formula is C16H17Cl2N3O4S. The Morgan fingerprint density at radius 1 is 1.19 bits per heavy atom. The summed E-state index contributed by atoms with van der Waals surface area (Å²) in [5, 5.41) is 0.724. The van der Waals surface area contributed by atoms with E-state index in [4.69, 9.17) is 32.7 Å². The monoisotopic (exact) mass is 417 g/mol. The number of benzene rings is 1. The number of nitrogens with zero attached hydrogens (tertiary/aromatic N) is 3. The Kier molecular flexibility index (Phi) is 5.86. The summed E-state index contributed by atoms with van der Waals surface area (Å²) < 4.78 is 38.3. The number of aromatic nitrogens is 2. The predicted octanol–water partition coefficient (Wildman–Crippen LogP) is 3.02. The highest BCUT2D eigenvalue weighted by Gasteiger charge is 2.33. The maximum Gasteiger partial charge on any atom is 0.316 e. The van der Waals surface area contributed by atoms with Crippen LogP contribution in [0, 0.1) is 0 Å². The zero-order chi connectivity index (χ0) is 18.7. The van der Waals surface area contributed by atoms with E-state index in [-0.39, 0.29) is 29.3 Å². The molecule has 1 saturated heterocycles. The number of ether oxygens (including phenoxy) is 2. The lowest BCUT2D eigenvalue weighted by atomic mass is 10.1. The molecule has 1 aliphatic rings. The van der Waals surface area contributed by atoms with Crippen molar-refractivity contribution in [2.45, 2.75) is 23.8 Å². The molecule has 1 atom stereocenters. The summed E-state index contributed by atoms with van der Waals surface area (Å²) in [7, 11) is -2.36. The first kappa shape index (κ1) is 19.2. The van der Waals surface area contributed by atoms with Gasteiger partial charge in [0.15, 0.2) is 0 Å². The van der Waals surface area contributed by atoms with Crippen molar-refractivity contribution in [3.8, 4) is 11.8 Å². The van der Waals surface area contributed by atoms with Crippen LogP contribution in [0.4, 0.5) is 0 Å². The largest absolute Gasteiger partial charge is 0.495 e. The third-order valence-electron chi connectivity index (χ3n) is 3.95. The van der Waals surface area contributed by atoms with Gasteiger partial charge in [-0.15, -0.1) is 0 Å². The molecule has 0 bridgehead atoms. The van der Waals surface area contributed by atoms with Crippen molar-refractivity contribution in [2.75, 3.05) is 20.2 Å². The lowest BCUT2D eigenvalue weighted by Crippen LogP contribution is -2.44. The molecule has 0 N–H and O–H groups in total. The molecule has 0 amide bonds. The van der Waals surface area contributed by atoms with Gasteiger partial charge in [-0.05, 0) is 31.0 Å². The molecule has 0 unspecified atom stereocenters. The second-order valence-electron chi connectivity index (χ2n) is 5.72. The van der Waals surface area contributed by atoms with Gasteiger partial charge in [0.05, 0.1) is 31.1 Å². The Morgan fingerprint density at radius 2 is 1.92 bits per heavy atom. The van der Waals surface area contributed by atoms with Crippen LogP contribution >= 0.6 is 23.2 Å². The number of halogens is 2. The van der Waals surface area contributed by atoms with Crippen LogP contribution in [-0.2, 0) is 10.0 Å². The SMILES string of the molecule is COc1ccc(Cl)cc1S(=O)(=O)N1CCC[C@H](Oc2ncc(Cl)cn2)C1. The molecule has 0 radical (unpaired) electrons. The lowest BCUT2D eigenvalue weighted by molar-refractivity contribution is 0.119. The smallest absolute Gasteiger partial charge is 0.316 e. The fourth-order valence-electron chi connectivity index (χ4n) is 2.72. The predicted molar refractivity (Wildman–Crippen MR) is 97.5 cm³/mol. The number of hydrogen-bond acceptors (Lipinski definition) is 6. The van der Waals surface area contributed by atoms with Crippen molar-refractivity contribution in [3.05, 3.63) is 40.6 Å². The van der Waals surface area contributed by atoms with Crippen LogP contribution in [0.2, 0.25) is 10.0 Å². The maximum absolute atomic E-state index is 13.0. The number of methoxy groups -OCH3 is 1. The van der Waals surface area contributed by atoms with Gasteiger partial charge in [0.25, 0.3) is 0 Å². The first-order valence-corrected chi connectivity index (χ1v) is 10.1. The first-order chi connectivity index (χ1) is 12.4. The standard InChI is InChI=1S/C16H17Cl2N3O4S/c1-24-14-5-4-11(17)7-15(14)26(22,23)21-6-2-3-13(10-21)25-16-19-8-12(18)9-20-16/h4-5,7-9,13H,2-3,6,10H2,1H3/t13-/m0/s1. The van der Waals surface area contributed by atoms with E-state index in [0.717, 1.165) is 0 Å². The van der Waals surface area contributed by atoms with Crippen molar-refractivity contribution < 1.29 is 17.9 Å². The van der Waals surface area contributed by atoms with Crippen LogP contribution in [0.1, 0.15) is 12.8 Å². The van der Waals surface area contributed by atoms with E-state index in [1.165, 1.54) is 35.9 Å². The molecule has 26 heavy (non-hydrogen) atoms. The molecule has 1 aromatic carbocycles. The van der Waals surface area contributed by atoms with Gasteiger partial charge in [0.2, 0.25) is 10.0 Å². The number of sulfonamides is 1. The second kappa shape index (κ2) is 7.96. The number of rotatable bonds is 5. The van der Waals surface area contributed by atoms with E-state index < -0.39 is 10.0 Å². The molecule has 0 spiro atoms. The number of piperidine rings is 1.